The van der Waals surface area contributed by atoms with Crippen LogP contribution in [-0.2, 0) is 0 Å². The Morgan fingerprint density at radius 3 is 2.75 bits per heavy atom. The maximum Gasteiger partial charge on any atom is 0.174 e. The van der Waals surface area contributed by atoms with Crippen molar-refractivity contribution in [2.45, 2.75) is 6.42 Å². The molecular formula is C11H12Cl2O2S. The van der Waals surface area contributed by atoms with Crippen LogP contribution in [0.3, 0.4) is 0 Å². The van der Waals surface area contributed by atoms with Gasteiger partial charge in [-0.2, -0.15) is 11.8 Å². The van der Waals surface area contributed by atoms with Crippen LogP contribution in [0.15, 0.2) is 18.2 Å². The summed E-state index contributed by atoms with van der Waals surface area (Å²) in [4.78, 5) is 11.7. The molecular weight excluding hydrogens is 267 g/mol. The fourth-order valence-electron chi connectivity index (χ4n) is 1.12. The number of aliphatic hydroxyl groups excluding tert-OH is 1. The molecule has 1 aromatic rings. The number of carbonyl (C=O) groups is 1. The molecule has 88 valence electrons. The van der Waals surface area contributed by atoms with E-state index in [0.29, 0.717) is 27.8 Å². The second-order valence-electron chi connectivity index (χ2n) is 3.18. The van der Waals surface area contributed by atoms with Crippen molar-refractivity contribution in [1.29, 1.82) is 0 Å². The Balaban J connectivity index is 2.53. The number of thioether (sulfide) groups is 1. The standard InChI is InChI=1S/C11H12Cl2O2S/c12-8-2-3-9(10(13)6-8)11(15)7-16-5-1-4-14/h2-3,6,14H,1,4-5,7H2. The van der Waals surface area contributed by atoms with E-state index in [0.717, 1.165) is 5.75 Å². The van der Waals surface area contributed by atoms with Gasteiger partial charge >= 0.3 is 0 Å². The molecule has 5 heteroatoms. The maximum atomic E-state index is 11.7. The third-order valence-electron chi connectivity index (χ3n) is 1.91. The van der Waals surface area contributed by atoms with Crippen LogP contribution in [0.1, 0.15) is 16.8 Å². The lowest BCUT2D eigenvalue weighted by atomic mass is 10.1. The molecule has 0 aromatic heterocycles. The molecule has 16 heavy (non-hydrogen) atoms. The number of rotatable bonds is 6. The van der Waals surface area contributed by atoms with Gasteiger partial charge in [-0.3, -0.25) is 4.79 Å². The van der Waals surface area contributed by atoms with Crippen molar-refractivity contribution in [3.63, 3.8) is 0 Å². The van der Waals surface area contributed by atoms with Gasteiger partial charge in [0.15, 0.2) is 5.78 Å². The third kappa shape index (κ3) is 4.34. The van der Waals surface area contributed by atoms with Crippen LogP contribution >= 0.6 is 35.0 Å². The number of hydrogen-bond acceptors (Lipinski definition) is 3. The number of halogens is 2. The first-order chi connectivity index (χ1) is 7.65. The van der Waals surface area contributed by atoms with Crippen LogP contribution in [0, 0.1) is 0 Å². The van der Waals surface area contributed by atoms with Crippen LogP contribution in [0.2, 0.25) is 10.0 Å². The van der Waals surface area contributed by atoms with Crippen molar-refractivity contribution in [3.05, 3.63) is 33.8 Å². The van der Waals surface area contributed by atoms with Gasteiger partial charge in [-0.25, -0.2) is 0 Å². The van der Waals surface area contributed by atoms with Crippen molar-refractivity contribution in [1.82, 2.24) is 0 Å². The van der Waals surface area contributed by atoms with E-state index >= 15 is 0 Å². The fourth-order valence-corrected chi connectivity index (χ4v) is 2.46. The van der Waals surface area contributed by atoms with Crippen LogP contribution in [0.4, 0.5) is 0 Å². The lowest BCUT2D eigenvalue weighted by Gasteiger charge is -2.03. The molecule has 0 aliphatic rings. The molecule has 0 amide bonds. The monoisotopic (exact) mass is 278 g/mol. The van der Waals surface area contributed by atoms with E-state index in [2.05, 4.69) is 0 Å². The van der Waals surface area contributed by atoms with Crippen molar-refractivity contribution < 1.29 is 9.90 Å². The van der Waals surface area contributed by atoms with Crippen LogP contribution in [0.5, 0.6) is 0 Å². The summed E-state index contributed by atoms with van der Waals surface area (Å²) >= 11 is 13.1. The average molecular weight is 279 g/mol. The molecule has 0 saturated carbocycles. The minimum absolute atomic E-state index is 0.00962. The van der Waals surface area contributed by atoms with Gasteiger partial charge in [-0.1, -0.05) is 23.2 Å². The molecule has 1 rings (SSSR count). The Morgan fingerprint density at radius 2 is 2.12 bits per heavy atom. The quantitative estimate of drug-likeness (QED) is 0.641. The predicted molar refractivity (Wildman–Crippen MR) is 69.8 cm³/mol. The van der Waals surface area contributed by atoms with Gasteiger partial charge in [0, 0.05) is 17.2 Å². The smallest absolute Gasteiger partial charge is 0.174 e. The fraction of sp³-hybridized carbons (Fsp3) is 0.364. The van der Waals surface area contributed by atoms with Crippen molar-refractivity contribution in [3.8, 4) is 0 Å². The predicted octanol–water partition coefficient (Wildman–Crippen LogP) is 3.29. The van der Waals surface area contributed by atoms with Gasteiger partial charge in [-0.05, 0) is 30.4 Å². The Kier molecular flexibility index (Phi) is 6.21. The first kappa shape index (κ1) is 13.8. The van der Waals surface area contributed by atoms with Gasteiger partial charge in [0.2, 0.25) is 0 Å². The van der Waals surface area contributed by atoms with E-state index in [4.69, 9.17) is 28.3 Å². The van der Waals surface area contributed by atoms with E-state index in [1.165, 1.54) is 11.8 Å². The zero-order valence-electron chi connectivity index (χ0n) is 8.58. The van der Waals surface area contributed by atoms with E-state index in [1.807, 2.05) is 0 Å². The molecule has 0 unspecified atom stereocenters. The summed E-state index contributed by atoms with van der Waals surface area (Å²) in [6, 6.07) is 4.85. The van der Waals surface area contributed by atoms with Gasteiger partial charge in [0.1, 0.15) is 0 Å². The summed E-state index contributed by atoms with van der Waals surface area (Å²) < 4.78 is 0. The minimum atomic E-state index is -0.00962. The molecule has 0 fully saturated rings. The average Bonchev–Trinajstić information content (AvgIpc) is 2.24. The summed E-state index contributed by atoms with van der Waals surface area (Å²) in [6.45, 7) is 0.156. The molecule has 0 atom stereocenters. The zero-order valence-corrected chi connectivity index (χ0v) is 10.9. The molecule has 1 aromatic carbocycles. The van der Waals surface area contributed by atoms with Gasteiger partial charge in [-0.15, -0.1) is 0 Å². The molecule has 0 heterocycles. The highest BCUT2D eigenvalue weighted by atomic mass is 35.5. The first-order valence-electron chi connectivity index (χ1n) is 4.82. The minimum Gasteiger partial charge on any atom is -0.396 e. The SMILES string of the molecule is O=C(CSCCCO)c1ccc(Cl)cc1Cl. The number of benzene rings is 1. The van der Waals surface area contributed by atoms with E-state index in [9.17, 15) is 4.79 Å². The molecule has 1 N–H and O–H groups in total. The summed E-state index contributed by atoms with van der Waals surface area (Å²) in [6.07, 6.45) is 0.701. The van der Waals surface area contributed by atoms with Gasteiger partial charge in [0.25, 0.3) is 0 Å². The van der Waals surface area contributed by atoms with Crippen molar-refractivity contribution >= 4 is 40.7 Å². The second kappa shape index (κ2) is 7.17. The molecule has 0 saturated heterocycles. The highest BCUT2D eigenvalue weighted by molar-refractivity contribution is 7.99. The summed E-state index contributed by atoms with van der Waals surface area (Å²) in [5.41, 5.74) is 0.502. The Morgan fingerprint density at radius 1 is 1.38 bits per heavy atom. The lowest BCUT2D eigenvalue weighted by Crippen LogP contribution is -2.04. The zero-order chi connectivity index (χ0) is 12.0. The highest BCUT2D eigenvalue weighted by Crippen LogP contribution is 2.22. The Bertz CT molecular complexity index is 369. The lowest BCUT2D eigenvalue weighted by molar-refractivity contribution is 0.102. The normalized spacial score (nSPS) is 10.4. The van der Waals surface area contributed by atoms with E-state index in [-0.39, 0.29) is 12.4 Å². The van der Waals surface area contributed by atoms with Gasteiger partial charge < -0.3 is 5.11 Å². The van der Waals surface area contributed by atoms with Gasteiger partial charge in [0.05, 0.1) is 10.8 Å². The highest BCUT2D eigenvalue weighted by Gasteiger charge is 2.10. The topological polar surface area (TPSA) is 37.3 Å². The number of ketones is 1. The molecule has 0 bridgehead atoms. The number of hydrogen-bond donors (Lipinski definition) is 1. The molecule has 2 nitrogen and oxygen atoms in total. The molecule has 0 radical (unpaired) electrons. The number of Topliss-reactive ketones (excluding diaryl/α,β-unsaturated/α-hetero) is 1. The van der Waals surface area contributed by atoms with Crippen molar-refractivity contribution in [2.24, 2.45) is 0 Å². The van der Waals surface area contributed by atoms with Crippen LogP contribution < -0.4 is 0 Å². The van der Waals surface area contributed by atoms with Crippen molar-refractivity contribution in [2.75, 3.05) is 18.1 Å². The summed E-state index contributed by atoms with van der Waals surface area (Å²) in [5.74, 6) is 1.14. The number of carbonyl (C=O) groups excluding carboxylic acids is 1. The Hall–Kier alpha value is -0.220. The van der Waals surface area contributed by atoms with Crippen LogP contribution in [0.25, 0.3) is 0 Å². The third-order valence-corrected chi connectivity index (χ3v) is 3.50. The molecule has 0 aliphatic heterocycles. The first-order valence-corrected chi connectivity index (χ1v) is 6.73. The number of aliphatic hydroxyl groups is 1. The summed E-state index contributed by atoms with van der Waals surface area (Å²) in [5, 5.41) is 9.50. The van der Waals surface area contributed by atoms with Crippen LogP contribution in [-0.4, -0.2) is 29.0 Å². The summed E-state index contributed by atoms with van der Waals surface area (Å²) in [7, 11) is 0. The molecule has 0 aliphatic carbocycles. The van der Waals surface area contributed by atoms with E-state index < -0.39 is 0 Å². The largest absolute Gasteiger partial charge is 0.396 e. The van der Waals surface area contributed by atoms with E-state index in [1.54, 1.807) is 18.2 Å². The second-order valence-corrected chi connectivity index (χ2v) is 5.13. The maximum absolute atomic E-state index is 11.7. The Labute approximate surface area is 109 Å². The molecule has 0 spiro atoms.